The summed E-state index contributed by atoms with van der Waals surface area (Å²) >= 11 is 0. The molecule has 0 aliphatic rings. The van der Waals surface area contributed by atoms with Crippen LogP contribution in [-0.2, 0) is 0 Å². The van der Waals surface area contributed by atoms with Crippen LogP contribution in [0.3, 0.4) is 0 Å². The lowest BCUT2D eigenvalue weighted by Crippen LogP contribution is -2.30. The molecule has 0 N–H and O–H groups in total. The highest BCUT2D eigenvalue weighted by atomic mass is 15.1. The third-order valence-electron chi connectivity index (χ3n) is 2.22. The maximum atomic E-state index is 2.43. The van der Waals surface area contributed by atoms with Crippen molar-refractivity contribution in [2.45, 2.75) is 46.1 Å². The zero-order valence-electron chi connectivity index (χ0n) is 7.85. The van der Waals surface area contributed by atoms with E-state index in [1.165, 1.54) is 25.8 Å². The first-order valence-electron chi connectivity index (χ1n) is 4.46. The first kappa shape index (κ1) is 9.96. The van der Waals surface area contributed by atoms with E-state index in [4.69, 9.17) is 0 Å². The van der Waals surface area contributed by atoms with Gasteiger partial charge in [0.15, 0.2) is 0 Å². The quantitative estimate of drug-likeness (QED) is 0.571. The summed E-state index contributed by atoms with van der Waals surface area (Å²) in [5.74, 6) is 0. The molecule has 1 atom stereocenters. The molecule has 0 rings (SSSR count). The molecule has 62 valence electrons. The summed E-state index contributed by atoms with van der Waals surface area (Å²) in [6.07, 6.45) is 3.95. The fourth-order valence-corrected chi connectivity index (χ4v) is 1.33. The van der Waals surface area contributed by atoms with Crippen molar-refractivity contribution in [3.05, 3.63) is 0 Å². The second-order valence-corrected chi connectivity index (χ2v) is 2.92. The van der Waals surface area contributed by atoms with Crippen molar-refractivity contribution in [2.24, 2.45) is 0 Å². The molecular formula is C9H21N. The molecule has 1 nitrogen and oxygen atoms in total. The van der Waals surface area contributed by atoms with Gasteiger partial charge in [0.1, 0.15) is 0 Å². The van der Waals surface area contributed by atoms with E-state index in [1.807, 2.05) is 0 Å². The van der Waals surface area contributed by atoms with Crippen LogP contribution >= 0.6 is 0 Å². The van der Waals surface area contributed by atoms with Gasteiger partial charge < -0.3 is 4.90 Å². The normalized spacial score (nSPS) is 14.1. The summed E-state index contributed by atoms with van der Waals surface area (Å²) in [7, 11) is 2.21. The van der Waals surface area contributed by atoms with E-state index in [1.54, 1.807) is 0 Å². The molecule has 0 saturated carbocycles. The van der Waals surface area contributed by atoms with Crippen LogP contribution < -0.4 is 0 Å². The topological polar surface area (TPSA) is 3.24 Å². The van der Waals surface area contributed by atoms with E-state index < -0.39 is 0 Å². The highest BCUT2D eigenvalue weighted by molar-refractivity contribution is 4.64. The first-order valence-corrected chi connectivity index (χ1v) is 4.46. The zero-order chi connectivity index (χ0) is 7.98. The Morgan fingerprint density at radius 3 is 2.10 bits per heavy atom. The molecule has 1 heteroatoms. The van der Waals surface area contributed by atoms with Gasteiger partial charge in [0.05, 0.1) is 0 Å². The van der Waals surface area contributed by atoms with Gasteiger partial charge in [-0.25, -0.2) is 0 Å². The van der Waals surface area contributed by atoms with Crippen LogP contribution in [0.2, 0.25) is 0 Å². The van der Waals surface area contributed by atoms with Crippen molar-refractivity contribution in [3.63, 3.8) is 0 Å². The van der Waals surface area contributed by atoms with Gasteiger partial charge in [-0.15, -0.1) is 0 Å². The second kappa shape index (κ2) is 5.72. The van der Waals surface area contributed by atoms with Crippen LogP contribution in [0, 0.1) is 0 Å². The summed E-state index contributed by atoms with van der Waals surface area (Å²) in [6.45, 7) is 7.93. The monoisotopic (exact) mass is 143 g/mol. The Kier molecular flexibility index (Phi) is 5.70. The van der Waals surface area contributed by atoms with Crippen molar-refractivity contribution in [1.82, 2.24) is 4.90 Å². The largest absolute Gasteiger partial charge is 0.304 e. The minimum atomic E-state index is 0.815. The maximum absolute atomic E-state index is 2.43. The molecule has 0 aromatic rings. The predicted octanol–water partition coefficient (Wildman–Crippen LogP) is 2.52. The standard InChI is InChI=1S/C9H21N/c1-5-8-9(6-2)10(4)7-3/h9H,5-8H2,1-4H3/t9-/m0/s1. The van der Waals surface area contributed by atoms with Crippen LogP contribution in [0.4, 0.5) is 0 Å². The molecule has 0 aromatic heterocycles. The fourth-order valence-electron chi connectivity index (χ4n) is 1.33. The molecule has 0 aliphatic heterocycles. The van der Waals surface area contributed by atoms with Gasteiger partial charge in [-0.05, 0) is 26.4 Å². The van der Waals surface area contributed by atoms with E-state index in [0.29, 0.717) is 0 Å². The molecule has 10 heavy (non-hydrogen) atoms. The number of rotatable bonds is 5. The van der Waals surface area contributed by atoms with Crippen LogP contribution in [0.15, 0.2) is 0 Å². The van der Waals surface area contributed by atoms with Crippen LogP contribution in [-0.4, -0.2) is 24.5 Å². The molecular weight excluding hydrogens is 122 g/mol. The van der Waals surface area contributed by atoms with Gasteiger partial charge in [0.2, 0.25) is 0 Å². The Labute approximate surface area is 65.4 Å². The van der Waals surface area contributed by atoms with E-state index in [2.05, 4.69) is 32.7 Å². The third-order valence-corrected chi connectivity index (χ3v) is 2.22. The van der Waals surface area contributed by atoms with Gasteiger partial charge in [0, 0.05) is 6.04 Å². The molecule has 0 amide bonds. The highest BCUT2D eigenvalue weighted by Gasteiger charge is 2.08. The van der Waals surface area contributed by atoms with E-state index in [9.17, 15) is 0 Å². The van der Waals surface area contributed by atoms with Crippen LogP contribution in [0.1, 0.15) is 40.0 Å². The van der Waals surface area contributed by atoms with Gasteiger partial charge in [0.25, 0.3) is 0 Å². The Morgan fingerprint density at radius 2 is 1.80 bits per heavy atom. The number of hydrogen-bond acceptors (Lipinski definition) is 1. The molecule has 0 aromatic carbocycles. The summed E-state index contributed by atoms with van der Waals surface area (Å²) in [6, 6.07) is 0.815. The van der Waals surface area contributed by atoms with Crippen molar-refractivity contribution in [2.75, 3.05) is 13.6 Å². The minimum absolute atomic E-state index is 0.815. The Morgan fingerprint density at radius 1 is 1.20 bits per heavy atom. The first-order chi connectivity index (χ1) is 4.76. The summed E-state index contributed by atoms with van der Waals surface area (Å²) in [4.78, 5) is 2.43. The van der Waals surface area contributed by atoms with Crippen molar-refractivity contribution in [3.8, 4) is 0 Å². The minimum Gasteiger partial charge on any atom is -0.304 e. The Hall–Kier alpha value is -0.0400. The lowest BCUT2D eigenvalue weighted by Gasteiger charge is -2.25. The summed E-state index contributed by atoms with van der Waals surface area (Å²) in [5.41, 5.74) is 0. The Bertz CT molecular complexity index is 71.1. The van der Waals surface area contributed by atoms with Crippen LogP contribution in [0.25, 0.3) is 0 Å². The van der Waals surface area contributed by atoms with Gasteiger partial charge in [-0.3, -0.25) is 0 Å². The van der Waals surface area contributed by atoms with E-state index in [-0.39, 0.29) is 0 Å². The van der Waals surface area contributed by atoms with Gasteiger partial charge in [-0.1, -0.05) is 27.2 Å². The molecule has 0 heterocycles. The lowest BCUT2D eigenvalue weighted by atomic mass is 10.1. The molecule has 0 spiro atoms. The average molecular weight is 143 g/mol. The highest BCUT2D eigenvalue weighted by Crippen LogP contribution is 2.07. The van der Waals surface area contributed by atoms with Crippen LogP contribution in [0.5, 0.6) is 0 Å². The second-order valence-electron chi connectivity index (χ2n) is 2.92. The average Bonchev–Trinajstić information content (AvgIpc) is 1.99. The lowest BCUT2D eigenvalue weighted by molar-refractivity contribution is 0.234. The number of nitrogens with zero attached hydrogens (tertiary/aromatic N) is 1. The fraction of sp³-hybridized carbons (Fsp3) is 1.00. The van der Waals surface area contributed by atoms with Crippen molar-refractivity contribution < 1.29 is 0 Å². The summed E-state index contributed by atoms with van der Waals surface area (Å²) in [5, 5.41) is 0. The van der Waals surface area contributed by atoms with E-state index in [0.717, 1.165) is 6.04 Å². The summed E-state index contributed by atoms with van der Waals surface area (Å²) < 4.78 is 0. The SMILES string of the molecule is CCC[C@H](CC)N(C)CC. The van der Waals surface area contributed by atoms with Gasteiger partial charge >= 0.3 is 0 Å². The molecule has 0 unspecified atom stereocenters. The van der Waals surface area contributed by atoms with Crippen molar-refractivity contribution >= 4 is 0 Å². The van der Waals surface area contributed by atoms with E-state index >= 15 is 0 Å². The molecule has 0 fully saturated rings. The van der Waals surface area contributed by atoms with Gasteiger partial charge in [-0.2, -0.15) is 0 Å². The molecule has 0 saturated heterocycles. The molecule has 0 aliphatic carbocycles. The number of hydrogen-bond donors (Lipinski definition) is 0. The van der Waals surface area contributed by atoms with Crippen molar-refractivity contribution in [1.29, 1.82) is 0 Å². The smallest absolute Gasteiger partial charge is 0.00893 e. The zero-order valence-corrected chi connectivity index (χ0v) is 7.85. The predicted molar refractivity (Wildman–Crippen MR) is 47.3 cm³/mol. The third kappa shape index (κ3) is 3.21. The molecule has 0 radical (unpaired) electrons. The maximum Gasteiger partial charge on any atom is 0.00893 e. The Balaban J connectivity index is 3.56. The molecule has 0 bridgehead atoms.